The van der Waals surface area contributed by atoms with E-state index in [2.05, 4.69) is 5.32 Å². The summed E-state index contributed by atoms with van der Waals surface area (Å²) in [6.45, 7) is 1.34. The third-order valence-electron chi connectivity index (χ3n) is 3.91. The standard InChI is InChI=1S/C19H21NO3S/c1-24-18-10-3-2-9-17(18)20-19(21)14-6-4-7-15(12-14)23-13-16-8-5-11-22-16/h2-4,6-7,9-10,12,16H,5,8,11,13H2,1H3,(H,20,21). The Kier molecular flexibility index (Phi) is 5.77. The van der Waals surface area contributed by atoms with Crippen molar-refractivity contribution in [3.8, 4) is 5.75 Å². The van der Waals surface area contributed by atoms with Gasteiger partial charge in [-0.25, -0.2) is 0 Å². The van der Waals surface area contributed by atoms with Crippen molar-refractivity contribution in [2.75, 3.05) is 24.8 Å². The number of carbonyl (C=O) groups is 1. The molecule has 0 spiro atoms. The predicted octanol–water partition coefficient (Wildman–Crippen LogP) is 4.22. The van der Waals surface area contributed by atoms with E-state index < -0.39 is 0 Å². The zero-order valence-electron chi connectivity index (χ0n) is 13.7. The molecule has 1 saturated heterocycles. The zero-order chi connectivity index (χ0) is 16.8. The van der Waals surface area contributed by atoms with Crippen molar-refractivity contribution in [1.82, 2.24) is 0 Å². The SMILES string of the molecule is CSc1ccccc1NC(=O)c1cccc(OCC2CCCO2)c1. The molecule has 2 aromatic rings. The largest absolute Gasteiger partial charge is 0.491 e. The third kappa shape index (κ3) is 4.30. The minimum atomic E-state index is -0.140. The van der Waals surface area contributed by atoms with Gasteiger partial charge in [0, 0.05) is 17.1 Å². The number of anilines is 1. The second kappa shape index (κ2) is 8.22. The van der Waals surface area contributed by atoms with E-state index in [9.17, 15) is 4.79 Å². The molecular weight excluding hydrogens is 322 g/mol. The lowest BCUT2D eigenvalue weighted by molar-refractivity contribution is 0.0679. The van der Waals surface area contributed by atoms with Gasteiger partial charge < -0.3 is 14.8 Å². The summed E-state index contributed by atoms with van der Waals surface area (Å²) in [7, 11) is 0. The number of amides is 1. The Bertz CT molecular complexity index is 699. The van der Waals surface area contributed by atoms with Crippen LogP contribution >= 0.6 is 11.8 Å². The van der Waals surface area contributed by atoms with Gasteiger partial charge in [0.1, 0.15) is 12.4 Å². The summed E-state index contributed by atoms with van der Waals surface area (Å²) >= 11 is 1.60. The molecule has 24 heavy (non-hydrogen) atoms. The van der Waals surface area contributed by atoms with Crippen LogP contribution in [0.25, 0.3) is 0 Å². The van der Waals surface area contributed by atoms with Crippen molar-refractivity contribution >= 4 is 23.4 Å². The van der Waals surface area contributed by atoms with E-state index in [4.69, 9.17) is 9.47 Å². The van der Waals surface area contributed by atoms with Crippen molar-refractivity contribution in [3.05, 3.63) is 54.1 Å². The molecule has 4 nitrogen and oxygen atoms in total. The van der Waals surface area contributed by atoms with Crippen LogP contribution < -0.4 is 10.1 Å². The number of hydrogen-bond donors (Lipinski definition) is 1. The Balaban J connectivity index is 1.65. The van der Waals surface area contributed by atoms with Crippen LogP contribution in [0.15, 0.2) is 53.4 Å². The number of para-hydroxylation sites is 1. The first-order valence-electron chi connectivity index (χ1n) is 8.05. The molecule has 0 aromatic heterocycles. The van der Waals surface area contributed by atoms with Crippen LogP contribution in [0.1, 0.15) is 23.2 Å². The Morgan fingerprint density at radius 3 is 2.96 bits per heavy atom. The van der Waals surface area contributed by atoms with E-state index in [0.717, 1.165) is 30.0 Å². The lowest BCUT2D eigenvalue weighted by Gasteiger charge is -2.13. The van der Waals surface area contributed by atoms with E-state index in [0.29, 0.717) is 17.9 Å². The minimum Gasteiger partial charge on any atom is -0.491 e. The fourth-order valence-corrected chi connectivity index (χ4v) is 3.19. The number of nitrogens with one attached hydrogen (secondary N) is 1. The molecule has 0 radical (unpaired) electrons. The first-order valence-corrected chi connectivity index (χ1v) is 9.27. The van der Waals surface area contributed by atoms with Gasteiger partial charge in [-0.2, -0.15) is 0 Å². The van der Waals surface area contributed by atoms with Crippen LogP contribution in [0.4, 0.5) is 5.69 Å². The maximum Gasteiger partial charge on any atom is 0.255 e. The van der Waals surface area contributed by atoms with Crippen molar-refractivity contribution in [2.24, 2.45) is 0 Å². The van der Waals surface area contributed by atoms with Gasteiger partial charge in [-0.05, 0) is 49.4 Å². The van der Waals surface area contributed by atoms with E-state index in [1.165, 1.54) is 0 Å². The van der Waals surface area contributed by atoms with Gasteiger partial charge in [-0.3, -0.25) is 4.79 Å². The Morgan fingerprint density at radius 2 is 2.17 bits per heavy atom. The molecule has 0 aliphatic carbocycles. The highest BCUT2D eigenvalue weighted by atomic mass is 32.2. The van der Waals surface area contributed by atoms with E-state index in [-0.39, 0.29) is 12.0 Å². The highest BCUT2D eigenvalue weighted by Gasteiger charge is 2.16. The average molecular weight is 343 g/mol. The third-order valence-corrected chi connectivity index (χ3v) is 4.71. The van der Waals surface area contributed by atoms with Crippen LogP contribution in [-0.4, -0.2) is 31.5 Å². The van der Waals surface area contributed by atoms with Gasteiger partial charge >= 0.3 is 0 Å². The highest BCUT2D eigenvalue weighted by molar-refractivity contribution is 7.98. The topological polar surface area (TPSA) is 47.6 Å². The van der Waals surface area contributed by atoms with E-state index >= 15 is 0 Å². The van der Waals surface area contributed by atoms with Gasteiger partial charge in [0.05, 0.1) is 11.8 Å². The molecule has 1 aliphatic heterocycles. The van der Waals surface area contributed by atoms with Gasteiger partial charge in [-0.15, -0.1) is 11.8 Å². The molecule has 1 atom stereocenters. The lowest BCUT2D eigenvalue weighted by atomic mass is 10.2. The normalized spacial score (nSPS) is 16.8. The predicted molar refractivity (Wildman–Crippen MR) is 97.1 cm³/mol. The van der Waals surface area contributed by atoms with Crippen LogP contribution in [0.3, 0.4) is 0 Å². The summed E-state index contributed by atoms with van der Waals surface area (Å²) in [5.41, 5.74) is 1.40. The van der Waals surface area contributed by atoms with Crippen molar-refractivity contribution in [3.63, 3.8) is 0 Å². The molecule has 1 N–H and O–H groups in total. The number of carbonyl (C=O) groups excluding carboxylic acids is 1. The first-order chi connectivity index (χ1) is 11.8. The highest BCUT2D eigenvalue weighted by Crippen LogP contribution is 2.25. The molecule has 5 heteroatoms. The molecule has 1 unspecified atom stereocenters. The molecular formula is C19H21NO3S. The summed E-state index contributed by atoms with van der Waals surface area (Å²) in [5, 5.41) is 2.96. The van der Waals surface area contributed by atoms with Gasteiger partial charge in [-0.1, -0.05) is 18.2 Å². The van der Waals surface area contributed by atoms with Crippen molar-refractivity contribution in [1.29, 1.82) is 0 Å². The molecule has 0 bridgehead atoms. The van der Waals surface area contributed by atoms with Crippen LogP contribution in [0, 0.1) is 0 Å². The monoisotopic (exact) mass is 343 g/mol. The van der Waals surface area contributed by atoms with Crippen LogP contribution in [0.2, 0.25) is 0 Å². The molecule has 1 aliphatic rings. The number of thioether (sulfide) groups is 1. The molecule has 0 saturated carbocycles. The smallest absolute Gasteiger partial charge is 0.255 e. The second-order valence-corrected chi connectivity index (χ2v) is 6.48. The summed E-state index contributed by atoms with van der Waals surface area (Å²) < 4.78 is 11.3. The molecule has 1 amide bonds. The van der Waals surface area contributed by atoms with Gasteiger partial charge in [0.25, 0.3) is 5.91 Å². The number of benzene rings is 2. The summed E-state index contributed by atoms with van der Waals surface area (Å²) in [6, 6.07) is 15.0. The second-order valence-electron chi connectivity index (χ2n) is 5.63. The quantitative estimate of drug-likeness (QED) is 0.798. The van der Waals surface area contributed by atoms with E-state index in [1.54, 1.807) is 23.9 Å². The average Bonchev–Trinajstić information content (AvgIpc) is 3.14. The number of rotatable bonds is 6. The summed E-state index contributed by atoms with van der Waals surface area (Å²) in [5.74, 6) is 0.551. The van der Waals surface area contributed by atoms with Crippen molar-refractivity contribution in [2.45, 2.75) is 23.8 Å². The number of ether oxygens (including phenoxy) is 2. The molecule has 1 heterocycles. The molecule has 1 fully saturated rings. The van der Waals surface area contributed by atoms with Crippen LogP contribution in [0.5, 0.6) is 5.75 Å². The Morgan fingerprint density at radius 1 is 1.29 bits per heavy atom. The number of hydrogen-bond acceptors (Lipinski definition) is 4. The molecule has 2 aromatic carbocycles. The molecule has 3 rings (SSSR count). The maximum atomic E-state index is 12.5. The minimum absolute atomic E-state index is 0.140. The fourth-order valence-electron chi connectivity index (χ4n) is 2.63. The Labute approximate surface area is 146 Å². The van der Waals surface area contributed by atoms with Gasteiger partial charge in [0.15, 0.2) is 0 Å². The zero-order valence-corrected chi connectivity index (χ0v) is 14.5. The summed E-state index contributed by atoms with van der Waals surface area (Å²) in [6.07, 6.45) is 4.28. The van der Waals surface area contributed by atoms with Crippen molar-refractivity contribution < 1.29 is 14.3 Å². The summed E-state index contributed by atoms with van der Waals surface area (Å²) in [4.78, 5) is 13.5. The molecule has 126 valence electrons. The fraction of sp³-hybridized carbons (Fsp3) is 0.316. The van der Waals surface area contributed by atoms with Crippen LogP contribution in [-0.2, 0) is 4.74 Å². The van der Waals surface area contributed by atoms with Gasteiger partial charge in [0.2, 0.25) is 0 Å². The maximum absolute atomic E-state index is 12.5. The first kappa shape index (κ1) is 16.9. The van der Waals surface area contributed by atoms with E-state index in [1.807, 2.05) is 42.7 Å². The Hall–Kier alpha value is -1.98. The lowest BCUT2D eigenvalue weighted by Crippen LogP contribution is -2.17.